The summed E-state index contributed by atoms with van der Waals surface area (Å²) in [5.74, 6) is 0.453. The van der Waals surface area contributed by atoms with Crippen LogP contribution in [0.5, 0.6) is 0 Å². The molecule has 3 saturated heterocycles. The second kappa shape index (κ2) is 8.11. The number of carbonyl (C=O) groups excluding carboxylic acids is 2. The van der Waals surface area contributed by atoms with Gasteiger partial charge in [0.1, 0.15) is 6.10 Å². The summed E-state index contributed by atoms with van der Waals surface area (Å²) in [6.07, 6.45) is 5.82. The van der Waals surface area contributed by atoms with Crippen molar-refractivity contribution in [1.29, 1.82) is 0 Å². The lowest BCUT2D eigenvalue weighted by Crippen LogP contribution is -2.51. The van der Waals surface area contributed by atoms with Crippen molar-refractivity contribution < 1.29 is 14.3 Å². The molecule has 6 nitrogen and oxygen atoms in total. The summed E-state index contributed by atoms with van der Waals surface area (Å²) in [4.78, 5) is 30.8. The van der Waals surface area contributed by atoms with Gasteiger partial charge in [0.2, 0.25) is 5.91 Å². The number of ether oxygens (including phenoxy) is 1. The number of rotatable bonds is 4. The van der Waals surface area contributed by atoms with Crippen molar-refractivity contribution in [2.75, 3.05) is 52.4 Å². The Labute approximate surface area is 138 Å². The third kappa shape index (κ3) is 4.44. The van der Waals surface area contributed by atoms with E-state index in [-0.39, 0.29) is 12.0 Å². The highest BCUT2D eigenvalue weighted by molar-refractivity contribution is 5.81. The Morgan fingerprint density at radius 2 is 1.61 bits per heavy atom. The Kier molecular flexibility index (Phi) is 5.89. The first-order chi connectivity index (χ1) is 11.2. The maximum Gasteiger partial charge on any atom is 0.251 e. The number of amides is 2. The molecule has 3 rings (SSSR count). The van der Waals surface area contributed by atoms with Crippen LogP contribution in [0.4, 0.5) is 0 Å². The molecule has 0 N–H and O–H groups in total. The van der Waals surface area contributed by atoms with Crippen molar-refractivity contribution in [2.45, 2.75) is 44.6 Å². The lowest BCUT2D eigenvalue weighted by Gasteiger charge is -2.36. The average Bonchev–Trinajstić information content (AvgIpc) is 3.15. The minimum absolute atomic E-state index is 0.159. The molecule has 0 aromatic heterocycles. The Morgan fingerprint density at radius 1 is 0.870 bits per heavy atom. The van der Waals surface area contributed by atoms with Gasteiger partial charge < -0.3 is 14.5 Å². The first-order valence-electron chi connectivity index (χ1n) is 9.14. The van der Waals surface area contributed by atoms with Crippen LogP contribution in [0.1, 0.15) is 38.5 Å². The summed E-state index contributed by atoms with van der Waals surface area (Å²) in [5, 5.41) is 0. The van der Waals surface area contributed by atoms with Gasteiger partial charge in [0.15, 0.2) is 0 Å². The van der Waals surface area contributed by atoms with Gasteiger partial charge in [-0.2, -0.15) is 0 Å². The number of likely N-dealkylation sites (tertiary alicyclic amines) is 1. The van der Waals surface area contributed by atoms with E-state index in [1.807, 2.05) is 9.80 Å². The van der Waals surface area contributed by atoms with E-state index in [4.69, 9.17) is 4.74 Å². The maximum absolute atomic E-state index is 12.3. The molecule has 2 amide bonds. The predicted octanol–water partition coefficient (Wildman–Crippen LogP) is 0.712. The van der Waals surface area contributed by atoms with E-state index in [1.165, 1.54) is 6.42 Å². The van der Waals surface area contributed by atoms with E-state index in [0.717, 1.165) is 78.1 Å². The molecule has 0 spiro atoms. The van der Waals surface area contributed by atoms with Crippen molar-refractivity contribution in [3.63, 3.8) is 0 Å². The predicted molar refractivity (Wildman–Crippen MR) is 87.0 cm³/mol. The zero-order valence-electron chi connectivity index (χ0n) is 14.0. The minimum atomic E-state index is -0.206. The van der Waals surface area contributed by atoms with Crippen LogP contribution >= 0.6 is 0 Å². The molecule has 0 aliphatic carbocycles. The molecule has 1 atom stereocenters. The number of carbonyl (C=O) groups is 2. The first-order valence-corrected chi connectivity index (χ1v) is 9.14. The van der Waals surface area contributed by atoms with E-state index >= 15 is 0 Å². The monoisotopic (exact) mass is 323 g/mol. The van der Waals surface area contributed by atoms with E-state index in [1.54, 1.807) is 0 Å². The van der Waals surface area contributed by atoms with Crippen LogP contribution in [-0.4, -0.2) is 85.0 Å². The SMILES string of the molecule is O=C(CCN1CCN(C(=O)[C@H]2CCCO2)CC1)N1CCCCC1. The topological polar surface area (TPSA) is 53.1 Å². The fraction of sp³-hybridized carbons (Fsp3) is 0.882. The molecule has 0 aromatic carbocycles. The third-order valence-electron chi connectivity index (χ3n) is 5.24. The largest absolute Gasteiger partial charge is 0.368 e. The maximum atomic E-state index is 12.3. The first kappa shape index (κ1) is 16.7. The second-order valence-corrected chi connectivity index (χ2v) is 6.86. The lowest BCUT2D eigenvalue weighted by atomic mass is 10.1. The highest BCUT2D eigenvalue weighted by Gasteiger charge is 2.30. The van der Waals surface area contributed by atoms with Crippen molar-refractivity contribution in [1.82, 2.24) is 14.7 Å². The van der Waals surface area contributed by atoms with Crippen LogP contribution in [0.3, 0.4) is 0 Å². The van der Waals surface area contributed by atoms with Crippen LogP contribution < -0.4 is 0 Å². The number of nitrogens with zero attached hydrogens (tertiary/aromatic N) is 3. The third-order valence-corrected chi connectivity index (χ3v) is 5.24. The Morgan fingerprint density at radius 3 is 2.26 bits per heavy atom. The molecule has 3 heterocycles. The molecule has 0 saturated carbocycles. The molecule has 23 heavy (non-hydrogen) atoms. The fourth-order valence-corrected chi connectivity index (χ4v) is 3.72. The van der Waals surface area contributed by atoms with Crippen LogP contribution in [0, 0.1) is 0 Å². The van der Waals surface area contributed by atoms with Crippen LogP contribution in [0.25, 0.3) is 0 Å². The van der Waals surface area contributed by atoms with E-state index in [9.17, 15) is 9.59 Å². The molecule has 0 aromatic rings. The van der Waals surface area contributed by atoms with Gasteiger partial charge in [0.25, 0.3) is 5.91 Å². The van der Waals surface area contributed by atoms with Gasteiger partial charge in [-0.1, -0.05) is 0 Å². The molecule has 3 aliphatic rings. The molecular weight excluding hydrogens is 294 g/mol. The van der Waals surface area contributed by atoms with Crippen LogP contribution in [0.2, 0.25) is 0 Å². The molecule has 0 bridgehead atoms. The average molecular weight is 323 g/mol. The summed E-state index contributed by atoms with van der Waals surface area (Å²) in [5.41, 5.74) is 0. The molecule has 0 radical (unpaired) electrons. The normalized spacial score (nSPS) is 26.5. The Bertz CT molecular complexity index is 409. The Balaban J connectivity index is 1.35. The van der Waals surface area contributed by atoms with Crippen molar-refractivity contribution in [3.05, 3.63) is 0 Å². The van der Waals surface area contributed by atoms with Gasteiger partial charge in [-0.15, -0.1) is 0 Å². The van der Waals surface area contributed by atoms with Gasteiger partial charge in [-0.3, -0.25) is 14.5 Å². The van der Waals surface area contributed by atoms with Crippen LogP contribution in [-0.2, 0) is 14.3 Å². The van der Waals surface area contributed by atoms with Gasteiger partial charge in [-0.05, 0) is 32.1 Å². The Hall–Kier alpha value is -1.14. The fourth-order valence-electron chi connectivity index (χ4n) is 3.72. The summed E-state index contributed by atoms with van der Waals surface area (Å²) in [6.45, 7) is 6.65. The van der Waals surface area contributed by atoms with Gasteiger partial charge >= 0.3 is 0 Å². The van der Waals surface area contributed by atoms with Crippen molar-refractivity contribution >= 4 is 11.8 Å². The van der Waals surface area contributed by atoms with E-state index in [0.29, 0.717) is 12.3 Å². The van der Waals surface area contributed by atoms with Gasteiger partial charge in [0.05, 0.1) is 0 Å². The molecule has 6 heteroatoms. The number of hydrogen-bond donors (Lipinski definition) is 0. The molecule has 3 aliphatic heterocycles. The number of hydrogen-bond acceptors (Lipinski definition) is 4. The van der Waals surface area contributed by atoms with Gasteiger partial charge in [-0.25, -0.2) is 0 Å². The minimum Gasteiger partial charge on any atom is -0.368 e. The summed E-state index contributed by atoms with van der Waals surface area (Å²) >= 11 is 0. The zero-order valence-corrected chi connectivity index (χ0v) is 14.0. The summed E-state index contributed by atoms with van der Waals surface area (Å²) in [6, 6.07) is 0. The zero-order chi connectivity index (χ0) is 16.1. The highest BCUT2D eigenvalue weighted by atomic mass is 16.5. The molecule has 0 unspecified atom stereocenters. The second-order valence-electron chi connectivity index (χ2n) is 6.86. The van der Waals surface area contributed by atoms with Crippen LogP contribution in [0.15, 0.2) is 0 Å². The summed E-state index contributed by atoms with van der Waals surface area (Å²) in [7, 11) is 0. The van der Waals surface area contributed by atoms with E-state index < -0.39 is 0 Å². The standard InChI is InChI=1S/C17H29N3O3/c21-16(19-7-2-1-3-8-19)6-9-18-10-12-20(13-11-18)17(22)15-5-4-14-23-15/h15H,1-14H2/t15-/m1/s1. The van der Waals surface area contributed by atoms with Crippen molar-refractivity contribution in [3.8, 4) is 0 Å². The molecule has 3 fully saturated rings. The smallest absolute Gasteiger partial charge is 0.251 e. The lowest BCUT2D eigenvalue weighted by molar-refractivity contribution is -0.143. The van der Waals surface area contributed by atoms with Crippen molar-refractivity contribution in [2.24, 2.45) is 0 Å². The number of piperazine rings is 1. The molecular formula is C17H29N3O3. The molecule has 130 valence electrons. The van der Waals surface area contributed by atoms with E-state index in [2.05, 4.69) is 4.90 Å². The summed E-state index contributed by atoms with van der Waals surface area (Å²) < 4.78 is 5.49. The highest BCUT2D eigenvalue weighted by Crippen LogP contribution is 2.16. The number of piperidine rings is 1. The van der Waals surface area contributed by atoms with Gasteiger partial charge in [0, 0.05) is 58.8 Å². The quantitative estimate of drug-likeness (QED) is 0.765.